The Bertz CT molecular complexity index is 709. The van der Waals surface area contributed by atoms with Crippen LogP contribution in [0.4, 0.5) is 5.69 Å². The summed E-state index contributed by atoms with van der Waals surface area (Å²) in [6.07, 6.45) is 1.93. The van der Waals surface area contributed by atoms with Gasteiger partial charge in [-0.25, -0.2) is 10.4 Å². The van der Waals surface area contributed by atoms with Gasteiger partial charge in [0.25, 0.3) is 5.56 Å². The van der Waals surface area contributed by atoms with Gasteiger partial charge in [0.05, 0.1) is 11.7 Å². The summed E-state index contributed by atoms with van der Waals surface area (Å²) in [4.78, 5) is 19.7. The standard InChI is InChI=1S/C15H18N4O2/c1-3-4-11-12-13(19(2)18-11)15(21)17-14(16-12)9-5-7-10(20)8-6-9/h5-8,11,18,20H,3-4H2,1-2H3,(H,16,17,21). The van der Waals surface area contributed by atoms with Crippen molar-refractivity contribution in [2.75, 3.05) is 12.1 Å². The van der Waals surface area contributed by atoms with Crippen LogP contribution in [0.5, 0.6) is 5.75 Å². The summed E-state index contributed by atoms with van der Waals surface area (Å²) < 4.78 is 0. The third-order valence-electron chi connectivity index (χ3n) is 3.65. The lowest BCUT2D eigenvalue weighted by molar-refractivity contribution is 0.475. The lowest BCUT2D eigenvalue weighted by Crippen LogP contribution is -2.32. The van der Waals surface area contributed by atoms with Gasteiger partial charge in [-0.3, -0.25) is 4.79 Å². The van der Waals surface area contributed by atoms with Gasteiger partial charge in [-0.15, -0.1) is 0 Å². The quantitative estimate of drug-likeness (QED) is 0.803. The Labute approximate surface area is 122 Å². The molecule has 1 aromatic heterocycles. The van der Waals surface area contributed by atoms with Crippen molar-refractivity contribution in [2.24, 2.45) is 0 Å². The van der Waals surface area contributed by atoms with Crippen molar-refractivity contribution in [3.8, 4) is 17.1 Å². The van der Waals surface area contributed by atoms with Gasteiger partial charge in [0, 0.05) is 12.6 Å². The molecule has 1 atom stereocenters. The first-order chi connectivity index (χ1) is 10.1. The Balaban J connectivity index is 2.10. The zero-order chi connectivity index (χ0) is 15.0. The van der Waals surface area contributed by atoms with Crippen LogP contribution >= 0.6 is 0 Å². The number of aromatic hydroxyl groups is 1. The van der Waals surface area contributed by atoms with E-state index >= 15 is 0 Å². The molecule has 1 aliphatic rings. The van der Waals surface area contributed by atoms with Crippen molar-refractivity contribution in [1.29, 1.82) is 0 Å². The van der Waals surface area contributed by atoms with E-state index in [1.54, 1.807) is 29.3 Å². The van der Waals surface area contributed by atoms with Crippen LogP contribution in [0.25, 0.3) is 11.4 Å². The molecule has 1 aromatic carbocycles. The summed E-state index contributed by atoms with van der Waals surface area (Å²) in [5, 5.41) is 11.1. The number of hydrogen-bond donors (Lipinski definition) is 3. The molecule has 0 saturated carbocycles. The van der Waals surface area contributed by atoms with Gasteiger partial charge < -0.3 is 15.1 Å². The summed E-state index contributed by atoms with van der Waals surface area (Å²) in [5.41, 5.74) is 5.24. The van der Waals surface area contributed by atoms with E-state index in [4.69, 9.17) is 0 Å². The highest BCUT2D eigenvalue weighted by Crippen LogP contribution is 2.31. The minimum Gasteiger partial charge on any atom is -0.508 e. The van der Waals surface area contributed by atoms with E-state index in [-0.39, 0.29) is 17.4 Å². The van der Waals surface area contributed by atoms with Crippen LogP contribution in [0.2, 0.25) is 0 Å². The molecule has 0 spiro atoms. The second-order valence-electron chi connectivity index (χ2n) is 5.22. The fraction of sp³-hybridized carbons (Fsp3) is 0.333. The summed E-state index contributed by atoms with van der Waals surface area (Å²) in [6.45, 7) is 2.10. The zero-order valence-corrected chi connectivity index (χ0v) is 12.1. The Hall–Kier alpha value is -2.34. The Morgan fingerprint density at radius 2 is 2.05 bits per heavy atom. The van der Waals surface area contributed by atoms with E-state index in [1.807, 2.05) is 7.05 Å². The Morgan fingerprint density at radius 3 is 2.71 bits per heavy atom. The fourth-order valence-electron chi connectivity index (χ4n) is 2.66. The number of nitrogens with zero attached hydrogens (tertiary/aromatic N) is 2. The molecule has 3 N–H and O–H groups in total. The third kappa shape index (κ3) is 2.38. The van der Waals surface area contributed by atoms with Crippen molar-refractivity contribution >= 4 is 5.69 Å². The highest BCUT2D eigenvalue weighted by atomic mass is 16.3. The first-order valence-electron chi connectivity index (χ1n) is 7.03. The second-order valence-corrected chi connectivity index (χ2v) is 5.22. The molecule has 1 aliphatic heterocycles. The first-order valence-corrected chi connectivity index (χ1v) is 7.03. The van der Waals surface area contributed by atoms with Gasteiger partial charge in [-0.2, -0.15) is 0 Å². The van der Waals surface area contributed by atoms with Gasteiger partial charge >= 0.3 is 0 Å². The van der Waals surface area contributed by atoms with Crippen molar-refractivity contribution < 1.29 is 5.11 Å². The lowest BCUT2D eigenvalue weighted by Gasteiger charge is -2.12. The van der Waals surface area contributed by atoms with E-state index in [0.717, 1.165) is 24.1 Å². The van der Waals surface area contributed by atoms with E-state index in [0.29, 0.717) is 11.5 Å². The molecule has 0 aliphatic carbocycles. The summed E-state index contributed by atoms with van der Waals surface area (Å²) >= 11 is 0. The van der Waals surface area contributed by atoms with Gasteiger partial charge in [-0.1, -0.05) is 13.3 Å². The minimum atomic E-state index is -0.156. The van der Waals surface area contributed by atoms with Crippen LogP contribution in [0, 0.1) is 0 Å². The average Bonchev–Trinajstić information content (AvgIpc) is 2.77. The van der Waals surface area contributed by atoms with E-state index in [9.17, 15) is 9.90 Å². The molecule has 0 bridgehead atoms. The predicted molar refractivity (Wildman–Crippen MR) is 81.1 cm³/mol. The number of hydrazine groups is 1. The van der Waals surface area contributed by atoms with Gasteiger partial charge in [0.15, 0.2) is 0 Å². The number of phenolic OH excluding ortho intramolecular Hbond substituents is 1. The number of benzene rings is 1. The molecule has 0 radical (unpaired) electrons. The second kappa shape index (κ2) is 5.21. The smallest absolute Gasteiger partial charge is 0.276 e. The maximum Gasteiger partial charge on any atom is 0.276 e. The molecule has 2 aromatic rings. The van der Waals surface area contributed by atoms with Crippen LogP contribution in [0.1, 0.15) is 31.5 Å². The molecule has 2 heterocycles. The van der Waals surface area contributed by atoms with E-state index < -0.39 is 0 Å². The molecule has 6 nitrogen and oxygen atoms in total. The summed E-state index contributed by atoms with van der Waals surface area (Å²) in [5.74, 6) is 0.712. The number of hydrogen-bond acceptors (Lipinski definition) is 5. The summed E-state index contributed by atoms with van der Waals surface area (Å²) in [7, 11) is 1.83. The van der Waals surface area contributed by atoms with Crippen molar-refractivity contribution in [3.63, 3.8) is 0 Å². The molecule has 0 amide bonds. The lowest BCUT2D eigenvalue weighted by atomic mass is 10.1. The van der Waals surface area contributed by atoms with Crippen LogP contribution in [-0.4, -0.2) is 22.1 Å². The van der Waals surface area contributed by atoms with Gasteiger partial charge in [0.1, 0.15) is 17.3 Å². The molecule has 3 rings (SSSR count). The first kappa shape index (κ1) is 13.6. The van der Waals surface area contributed by atoms with E-state index in [2.05, 4.69) is 22.3 Å². The number of aromatic nitrogens is 2. The van der Waals surface area contributed by atoms with Gasteiger partial charge in [-0.05, 0) is 30.7 Å². The number of fused-ring (bicyclic) bond motifs is 1. The number of nitrogens with one attached hydrogen (secondary N) is 2. The molecule has 6 heteroatoms. The Morgan fingerprint density at radius 1 is 1.33 bits per heavy atom. The van der Waals surface area contributed by atoms with Crippen LogP contribution in [0.3, 0.4) is 0 Å². The van der Waals surface area contributed by atoms with Crippen LogP contribution in [-0.2, 0) is 0 Å². The number of aromatic amines is 1. The highest BCUT2D eigenvalue weighted by Gasteiger charge is 2.30. The third-order valence-corrected chi connectivity index (χ3v) is 3.65. The van der Waals surface area contributed by atoms with Crippen LogP contribution < -0.4 is 16.0 Å². The Kier molecular flexibility index (Phi) is 3.39. The molecule has 1 unspecified atom stereocenters. The molecule has 21 heavy (non-hydrogen) atoms. The molecular formula is C15H18N4O2. The minimum absolute atomic E-state index is 0.0631. The molecular weight excluding hydrogens is 268 g/mol. The predicted octanol–water partition coefficient (Wildman–Crippen LogP) is 1.94. The van der Waals surface area contributed by atoms with E-state index in [1.165, 1.54) is 0 Å². The molecule has 0 saturated heterocycles. The monoisotopic (exact) mass is 286 g/mol. The largest absolute Gasteiger partial charge is 0.508 e. The average molecular weight is 286 g/mol. The summed E-state index contributed by atoms with van der Waals surface area (Å²) in [6, 6.07) is 6.70. The zero-order valence-electron chi connectivity index (χ0n) is 12.1. The molecule has 0 fully saturated rings. The number of anilines is 1. The number of H-pyrrole nitrogens is 1. The SMILES string of the molecule is CCCC1NN(C)c2c1nc(-c1ccc(O)cc1)[nH]c2=O. The maximum atomic E-state index is 12.3. The van der Waals surface area contributed by atoms with Gasteiger partial charge in [0.2, 0.25) is 0 Å². The number of phenols is 1. The van der Waals surface area contributed by atoms with Crippen molar-refractivity contribution in [3.05, 3.63) is 40.3 Å². The highest BCUT2D eigenvalue weighted by molar-refractivity contribution is 5.61. The number of rotatable bonds is 3. The van der Waals surface area contributed by atoms with Crippen LogP contribution in [0.15, 0.2) is 29.1 Å². The molecule has 110 valence electrons. The topological polar surface area (TPSA) is 81.2 Å². The maximum absolute atomic E-state index is 12.3. The van der Waals surface area contributed by atoms with Crippen molar-refractivity contribution in [2.45, 2.75) is 25.8 Å². The normalized spacial score (nSPS) is 17.0. The fourth-order valence-corrected chi connectivity index (χ4v) is 2.66. The van der Waals surface area contributed by atoms with Crippen molar-refractivity contribution in [1.82, 2.24) is 15.4 Å².